The van der Waals surface area contributed by atoms with Crippen LogP contribution < -0.4 is 20.1 Å². The van der Waals surface area contributed by atoms with Crippen LogP contribution in [0.2, 0.25) is 0 Å². The number of phenols is 2. The number of ketones is 3. The molecular formula is C40H47N2O14P. The Balaban J connectivity index is 1.31. The van der Waals surface area contributed by atoms with Gasteiger partial charge in [0.15, 0.2) is 17.9 Å². The molecule has 6 N–H and O–H groups in total. The Hall–Kier alpha value is -4.67. The van der Waals surface area contributed by atoms with Gasteiger partial charge in [-0.25, -0.2) is 4.57 Å². The van der Waals surface area contributed by atoms with E-state index in [2.05, 4.69) is 5.09 Å². The molecule has 3 aliphatic rings. The van der Waals surface area contributed by atoms with Gasteiger partial charge >= 0.3 is 13.7 Å². The van der Waals surface area contributed by atoms with Crippen molar-refractivity contribution < 1.29 is 67.1 Å². The van der Waals surface area contributed by atoms with E-state index >= 15 is 0 Å². The molecule has 1 aliphatic heterocycles. The summed E-state index contributed by atoms with van der Waals surface area (Å²) in [6, 6.07) is 10.5. The van der Waals surface area contributed by atoms with Gasteiger partial charge in [-0.1, -0.05) is 37.3 Å². The second-order valence-electron chi connectivity index (χ2n) is 15.0. The number of aromatic hydroxyl groups is 2. The summed E-state index contributed by atoms with van der Waals surface area (Å²) in [5.41, 5.74) is 4.24. The molecule has 0 bridgehead atoms. The number of rotatable bonds is 13. The minimum absolute atomic E-state index is 0.0103. The first-order valence-electron chi connectivity index (χ1n) is 18.5. The lowest BCUT2D eigenvalue weighted by molar-refractivity contribution is -0.242. The number of aliphatic hydroxyl groups excluding tert-OH is 1. The summed E-state index contributed by atoms with van der Waals surface area (Å²) in [4.78, 5) is 53.8. The number of ether oxygens (including phenoxy) is 4. The van der Waals surface area contributed by atoms with Crippen molar-refractivity contribution in [3.05, 3.63) is 81.9 Å². The Labute approximate surface area is 329 Å². The summed E-state index contributed by atoms with van der Waals surface area (Å²) < 4.78 is 49.4. The Morgan fingerprint density at radius 2 is 1.70 bits per heavy atom. The minimum Gasteiger partial charge on any atom is -0.507 e. The molecule has 3 aromatic rings. The average molecular weight is 811 g/mol. The van der Waals surface area contributed by atoms with Crippen molar-refractivity contribution in [1.29, 1.82) is 0 Å². The molecule has 1 unspecified atom stereocenters. The molecule has 0 amide bonds. The summed E-state index contributed by atoms with van der Waals surface area (Å²) in [6.07, 6.45) is -5.30. The Morgan fingerprint density at radius 1 is 1.02 bits per heavy atom. The fourth-order valence-corrected chi connectivity index (χ4v) is 9.42. The molecule has 0 saturated carbocycles. The topological polar surface area (TPSA) is 239 Å². The predicted molar refractivity (Wildman–Crippen MR) is 202 cm³/mol. The number of methoxy groups -OCH3 is 1. The van der Waals surface area contributed by atoms with E-state index in [0.29, 0.717) is 0 Å². The number of nitrogens with two attached hydrogens (primary N) is 1. The molecule has 57 heavy (non-hydrogen) atoms. The van der Waals surface area contributed by atoms with E-state index < -0.39 is 109 Å². The highest BCUT2D eigenvalue weighted by atomic mass is 31.2. The van der Waals surface area contributed by atoms with Gasteiger partial charge in [-0.05, 0) is 58.7 Å². The molecule has 17 heteroatoms. The van der Waals surface area contributed by atoms with E-state index in [1.54, 1.807) is 58.0 Å². The number of aliphatic hydroxyl groups is 1. The number of hydrogen-bond acceptors (Lipinski definition) is 15. The Morgan fingerprint density at radius 3 is 2.33 bits per heavy atom. The predicted octanol–water partition coefficient (Wildman–Crippen LogP) is 4.42. The maximum atomic E-state index is 14.3. The van der Waals surface area contributed by atoms with Crippen LogP contribution in [0.4, 0.5) is 0 Å². The third kappa shape index (κ3) is 8.08. The van der Waals surface area contributed by atoms with Gasteiger partial charge in [0.1, 0.15) is 41.8 Å². The minimum atomic E-state index is -4.37. The molecule has 16 nitrogen and oxygen atoms in total. The molecule has 0 aromatic heterocycles. The lowest BCUT2D eigenvalue weighted by Crippen LogP contribution is -2.54. The number of Topliss-reactive ketones (excluding diaryl/α,β-unsaturated/α-hetero) is 1. The molecule has 0 spiro atoms. The smallest absolute Gasteiger partial charge is 0.459 e. The van der Waals surface area contributed by atoms with Crippen LogP contribution in [0.15, 0.2) is 48.5 Å². The van der Waals surface area contributed by atoms with Gasteiger partial charge < -0.3 is 44.5 Å². The Kier molecular flexibility index (Phi) is 12.0. The van der Waals surface area contributed by atoms with E-state index in [0.717, 1.165) is 0 Å². The second kappa shape index (κ2) is 16.3. The van der Waals surface area contributed by atoms with Crippen molar-refractivity contribution in [3.63, 3.8) is 0 Å². The highest BCUT2D eigenvalue weighted by Gasteiger charge is 2.50. The van der Waals surface area contributed by atoms with Crippen LogP contribution in [0.1, 0.15) is 96.5 Å². The van der Waals surface area contributed by atoms with E-state index in [9.17, 15) is 39.1 Å². The molecular weight excluding hydrogens is 763 g/mol. The fraction of sp³-hybridized carbons (Fsp3) is 0.450. The summed E-state index contributed by atoms with van der Waals surface area (Å²) >= 11 is 0. The van der Waals surface area contributed by atoms with Crippen LogP contribution in [0.5, 0.6) is 23.0 Å². The number of carbonyl (C=O) groups excluding carboxylic acids is 4. The zero-order chi connectivity index (χ0) is 41.6. The standard InChI is InChI=1S/C40H47N2O14P/c1-19(2)52-39(49)20(3)42-57(50,55-22-11-8-7-9-12-22)56-38-21(4)53-29(15-25(38)41)54-27-17-40(5,28(44)18-43)16-24-31(27)37(48)33-32(35(24)46)34(45)23-13-10-14-26(51-6)30(23)36(33)47/h7-14,19-21,25,27,29,38,43,46,48H,15-18,41H2,1-6H3,(H,42,50)/t20-,21-,25-,27-,29-,38+,40+,57?/m0/s1. The number of phenolic OH excluding ortho intramolecular Hbond substituents is 2. The number of carbonyl (C=O) groups is 4. The summed E-state index contributed by atoms with van der Waals surface area (Å²) in [7, 11) is -3.04. The second-order valence-corrected chi connectivity index (χ2v) is 16.7. The van der Waals surface area contributed by atoms with Crippen LogP contribution in [-0.2, 0) is 39.3 Å². The number of para-hydroxylation sites is 1. The molecule has 6 rings (SSSR count). The quantitative estimate of drug-likeness (QED) is 0.0714. The number of nitrogens with one attached hydrogen (secondary N) is 1. The van der Waals surface area contributed by atoms with Gasteiger partial charge in [-0.3, -0.25) is 23.7 Å². The maximum Gasteiger partial charge on any atom is 0.459 e. The molecule has 8 atom stereocenters. The molecule has 1 fully saturated rings. The highest BCUT2D eigenvalue weighted by Crippen LogP contribution is 2.55. The van der Waals surface area contributed by atoms with Crippen molar-refractivity contribution in [3.8, 4) is 23.0 Å². The van der Waals surface area contributed by atoms with Crippen molar-refractivity contribution in [1.82, 2.24) is 5.09 Å². The monoisotopic (exact) mass is 810 g/mol. The zero-order valence-electron chi connectivity index (χ0n) is 32.3. The van der Waals surface area contributed by atoms with Crippen molar-refractivity contribution >= 4 is 31.1 Å². The summed E-state index contributed by atoms with van der Waals surface area (Å²) in [6.45, 7) is 7.10. The maximum absolute atomic E-state index is 14.3. The molecule has 306 valence electrons. The van der Waals surface area contributed by atoms with E-state index in [-0.39, 0.29) is 53.0 Å². The van der Waals surface area contributed by atoms with Gasteiger partial charge in [0.25, 0.3) is 0 Å². The SMILES string of the molecule is COc1cccc2c1C(=O)c1c(O)c3c(c(O)c1C2=O)C[C@@](C)(C(=O)CO)C[C@@H]3O[C@H]1C[C@H](N)[C@H](OP(=O)(N[C@@H](C)C(=O)OC(C)C)Oc2ccccc2)[C@H](C)O1. The summed E-state index contributed by atoms with van der Waals surface area (Å²) in [5, 5.41) is 36.2. The number of hydrogen-bond donors (Lipinski definition) is 5. The third-order valence-corrected chi connectivity index (χ3v) is 12.1. The van der Waals surface area contributed by atoms with Crippen molar-refractivity contribution in [2.45, 2.75) is 96.7 Å². The average Bonchev–Trinajstić information content (AvgIpc) is 3.15. The largest absolute Gasteiger partial charge is 0.507 e. The molecule has 1 heterocycles. The Bertz CT molecular complexity index is 2110. The van der Waals surface area contributed by atoms with Crippen LogP contribution in [-0.4, -0.2) is 89.0 Å². The van der Waals surface area contributed by atoms with Crippen molar-refractivity contribution in [2.75, 3.05) is 13.7 Å². The van der Waals surface area contributed by atoms with Crippen LogP contribution in [0, 0.1) is 5.41 Å². The molecule has 0 radical (unpaired) electrons. The van der Waals surface area contributed by atoms with Crippen molar-refractivity contribution in [2.24, 2.45) is 11.1 Å². The number of esters is 1. The van der Waals surface area contributed by atoms with Gasteiger partial charge in [-0.15, -0.1) is 0 Å². The van der Waals surface area contributed by atoms with Gasteiger partial charge in [0.2, 0.25) is 5.78 Å². The summed E-state index contributed by atoms with van der Waals surface area (Å²) in [5.74, 6) is -3.74. The van der Waals surface area contributed by atoms with Crippen LogP contribution in [0.25, 0.3) is 0 Å². The first kappa shape index (κ1) is 41.9. The van der Waals surface area contributed by atoms with E-state index in [4.69, 9.17) is 33.7 Å². The number of benzene rings is 3. The lowest BCUT2D eigenvalue weighted by Gasteiger charge is -2.44. The van der Waals surface area contributed by atoms with Gasteiger partial charge in [-0.2, -0.15) is 5.09 Å². The number of fused-ring (bicyclic) bond motifs is 3. The first-order valence-corrected chi connectivity index (χ1v) is 20.0. The fourth-order valence-electron chi connectivity index (χ4n) is 7.63. The van der Waals surface area contributed by atoms with E-state index in [1.807, 2.05) is 0 Å². The first-order chi connectivity index (χ1) is 26.9. The molecule has 2 aliphatic carbocycles. The highest BCUT2D eigenvalue weighted by molar-refractivity contribution is 7.52. The normalized spacial score (nSPS) is 25.7. The van der Waals surface area contributed by atoms with Gasteiger partial charge in [0.05, 0.1) is 42.1 Å². The molecule has 1 saturated heterocycles. The van der Waals surface area contributed by atoms with Crippen LogP contribution >= 0.6 is 7.75 Å². The van der Waals surface area contributed by atoms with E-state index in [1.165, 1.54) is 32.2 Å². The third-order valence-electron chi connectivity index (χ3n) is 10.4. The zero-order valence-corrected chi connectivity index (χ0v) is 33.2. The molecule has 3 aromatic carbocycles. The lowest BCUT2D eigenvalue weighted by atomic mass is 9.67. The van der Waals surface area contributed by atoms with Crippen LogP contribution in [0.3, 0.4) is 0 Å². The van der Waals surface area contributed by atoms with Gasteiger partial charge in [0, 0.05) is 34.6 Å².